The molecule has 1 saturated heterocycles. The molecule has 2 nitrogen and oxygen atoms in total. The van der Waals surface area contributed by atoms with Gasteiger partial charge in [-0.1, -0.05) is 0 Å². The van der Waals surface area contributed by atoms with Crippen LogP contribution in [0, 0.1) is 17.8 Å². The Bertz CT molecular complexity index is 343. The van der Waals surface area contributed by atoms with Gasteiger partial charge >= 0.3 is 0 Å². The highest BCUT2D eigenvalue weighted by molar-refractivity contribution is 8.07. The van der Waals surface area contributed by atoms with Crippen molar-refractivity contribution in [3.05, 3.63) is 0 Å². The molecule has 106 valence electrons. The van der Waals surface area contributed by atoms with Crippen LogP contribution in [0.15, 0.2) is 0 Å². The molecule has 1 amide bonds. The van der Waals surface area contributed by atoms with E-state index >= 15 is 0 Å². The quantitative estimate of drug-likeness (QED) is 0.850. The van der Waals surface area contributed by atoms with Crippen molar-refractivity contribution in [2.24, 2.45) is 17.8 Å². The minimum Gasteiger partial charge on any atom is -0.350 e. The molecule has 0 aromatic rings. The van der Waals surface area contributed by atoms with E-state index in [9.17, 15) is 4.79 Å². The third-order valence-electron chi connectivity index (χ3n) is 5.53. The van der Waals surface area contributed by atoms with E-state index < -0.39 is 0 Å². The zero-order chi connectivity index (χ0) is 12.9. The van der Waals surface area contributed by atoms with E-state index in [0.717, 1.165) is 29.3 Å². The molecule has 0 spiro atoms. The van der Waals surface area contributed by atoms with Gasteiger partial charge in [-0.15, -0.1) is 11.8 Å². The molecule has 1 atom stereocenters. The Morgan fingerprint density at radius 3 is 2.16 bits per heavy atom. The van der Waals surface area contributed by atoms with Crippen LogP contribution in [0.2, 0.25) is 0 Å². The van der Waals surface area contributed by atoms with Crippen molar-refractivity contribution in [3.8, 4) is 0 Å². The SMILES string of the molecule is O=C(NC12CC3CC(CC(C3)C1)C2)C1CSCCS1. The van der Waals surface area contributed by atoms with Gasteiger partial charge in [0.2, 0.25) is 5.91 Å². The second kappa shape index (κ2) is 4.87. The fourth-order valence-corrected chi connectivity index (χ4v) is 7.80. The predicted molar refractivity (Wildman–Crippen MR) is 82.6 cm³/mol. The first-order valence-corrected chi connectivity index (χ1v) is 9.94. The minimum absolute atomic E-state index is 0.203. The lowest BCUT2D eigenvalue weighted by molar-refractivity contribution is -0.125. The molecule has 0 aromatic carbocycles. The number of carbonyl (C=O) groups excluding carboxylic acids is 1. The largest absolute Gasteiger partial charge is 0.350 e. The summed E-state index contributed by atoms with van der Waals surface area (Å²) in [4.78, 5) is 12.5. The molecule has 1 aliphatic heterocycles. The molecule has 5 rings (SSSR count). The Hall–Kier alpha value is 0.170. The number of thioether (sulfide) groups is 2. The molecule has 5 fully saturated rings. The van der Waals surface area contributed by atoms with Gasteiger partial charge in [-0.3, -0.25) is 4.79 Å². The fourth-order valence-electron chi connectivity index (χ4n) is 5.24. The van der Waals surface area contributed by atoms with Crippen molar-refractivity contribution in [2.45, 2.75) is 49.3 Å². The summed E-state index contributed by atoms with van der Waals surface area (Å²) in [5, 5.41) is 3.74. The second-order valence-corrected chi connectivity index (χ2v) is 9.58. The molecule has 4 heteroatoms. The molecule has 4 bridgehead atoms. The standard InChI is InChI=1S/C15H23NOS2/c17-14(13-9-18-1-2-19-13)16-15-6-10-3-11(7-15)5-12(4-10)8-15/h10-13H,1-9H2,(H,16,17). The summed E-state index contributed by atoms with van der Waals surface area (Å²) in [6.07, 6.45) is 8.16. The smallest absolute Gasteiger partial charge is 0.234 e. The topological polar surface area (TPSA) is 29.1 Å². The molecule has 4 saturated carbocycles. The summed E-state index contributed by atoms with van der Waals surface area (Å²) in [7, 11) is 0. The minimum atomic E-state index is 0.203. The Balaban J connectivity index is 1.45. The first kappa shape index (κ1) is 12.9. The average Bonchev–Trinajstić information content (AvgIpc) is 2.37. The van der Waals surface area contributed by atoms with Crippen LogP contribution in [-0.4, -0.2) is 34.0 Å². The van der Waals surface area contributed by atoms with E-state index in [2.05, 4.69) is 5.32 Å². The van der Waals surface area contributed by atoms with Gasteiger partial charge in [-0.2, -0.15) is 11.8 Å². The van der Waals surface area contributed by atoms with Crippen molar-refractivity contribution in [3.63, 3.8) is 0 Å². The van der Waals surface area contributed by atoms with Crippen LogP contribution in [0.5, 0.6) is 0 Å². The monoisotopic (exact) mass is 297 g/mol. The van der Waals surface area contributed by atoms with Crippen LogP contribution in [-0.2, 0) is 4.79 Å². The lowest BCUT2D eigenvalue weighted by Gasteiger charge is -2.57. The van der Waals surface area contributed by atoms with Crippen LogP contribution in [0.3, 0.4) is 0 Å². The number of carbonyl (C=O) groups is 1. The molecule has 19 heavy (non-hydrogen) atoms. The lowest BCUT2D eigenvalue weighted by atomic mass is 9.53. The summed E-state index contributed by atoms with van der Waals surface area (Å²) in [6, 6.07) is 0. The predicted octanol–water partition coefficient (Wildman–Crippen LogP) is 2.92. The Labute approximate surface area is 124 Å². The van der Waals surface area contributed by atoms with Crippen molar-refractivity contribution >= 4 is 29.4 Å². The molecule has 1 N–H and O–H groups in total. The van der Waals surface area contributed by atoms with Crippen molar-refractivity contribution < 1.29 is 4.79 Å². The third kappa shape index (κ3) is 2.44. The fraction of sp³-hybridized carbons (Fsp3) is 0.933. The molecule has 1 unspecified atom stereocenters. The van der Waals surface area contributed by atoms with Gasteiger partial charge in [-0.25, -0.2) is 0 Å². The number of hydrogen-bond donors (Lipinski definition) is 1. The van der Waals surface area contributed by atoms with E-state index in [4.69, 9.17) is 0 Å². The highest BCUT2D eigenvalue weighted by atomic mass is 32.2. The summed E-state index contributed by atoms with van der Waals surface area (Å²) < 4.78 is 0. The first-order valence-electron chi connectivity index (χ1n) is 7.74. The normalized spacial score (nSPS) is 48.2. The highest BCUT2D eigenvalue weighted by Gasteiger charge is 2.51. The van der Waals surface area contributed by atoms with Crippen molar-refractivity contribution in [1.82, 2.24) is 5.32 Å². The third-order valence-corrected chi connectivity index (χ3v) is 8.29. The van der Waals surface area contributed by atoms with Crippen LogP contribution in [0.25, 0.3) is 0 Å². The van der Waals surface area contributed by atoms with Gasteiger partial charge in [0.1, 0.15) is 0 Å². The Morgan fingerprint density at radius 1 is 1.00 bits per heavy atom. The van der Waals surface area contributed by atoms with Gasteiger partial charge < -0.3 is 5.32 Å². The van der Waals surface area contributed by atoms with E-state index in [1.165, 1.54) is 44.3 Å². The van der Waals surface area contributed by atoms with Gasteiger partial charge in [-0.05, 0) is 56.3 Å². The molecule has 1 heterocycles. The van der Waals surface area contributed by atoms with Gasteiger partial charge in [0.05, 0.1) is 5.25 Å². The van der Waals surface area contributed by atoms with Crippen molar-refractivity contribution in [2.75, 3.05) is 17.3 Å². The maximum Gasteiger partial charge on any atom is 0.234 e. The van der Waals surface area contributed by atoms with Gasteiger partial charge in [0, 0.05) is 22.8 Å². The highest BCUT2D eigenvalue weighted by Crippen LogP contribution is 2.55. The average molecular weight is 297 g/mol. The van der Waals surface area contributed by atoms with Crippen LogP contribution in [0.4, 0.5) is 0 Å². The second-order valence-electron chi connectivity index (χ2n) is 7.12. The molecule has 0 radical (unpaired) electrons. The zero-order valence-corrected chi connectivity index (χ0v) is 13.0. The number of nitrogens with one attached hydrogen (secondary N) is 1. The summed E-state index contributed by atoms with van der Waals surface area (Å²) in [6.45, 7) is 0. The van der Waals surface area contributed by atoms with Gasteiger partial charge in [0.15, 0.2) is 0 Å². The molecule has 4 aliphatic carbocycles. The number of amides is 1. The summed E-state index contributed by atoms with van der Waals surface area (Å²) in [5.41, 5.74) is 0.203. The summed E-state index contributed by atoms with van der Waals surface area (Å²) >= 11 is 3.81. The van der Waals surface area contributed by atoms with Crippen LogP contribution >= 0.6 is 23.5 Å². The maximum absolute atomic E-state index is 12.5. The van der Waals surface area contributed by atoms with E-state index in [-0.39, 0.29) is 10.8 Å². The molecule has 0 aromatic heterocycles. The first-order chi connectivity index (χ1) is 9.22. The summed E-state index contributed by atoms with van der Waals surface area (Å²) in [5.74, 6) is 6.47. The maximum atomic E-state index is 12.5. The van der Waals surface area contributed by atoms with Crippen LogP contribution in [0.1, 0.15) is 38.5 Å². The van der Waals surface area contributed by atoms with E-state index in [1.807, 2.05) is 23.5 Å². The zero-order valence-electron chi connectivity index (χ0n) is 11.4. The molecule has 5 aliphatic rings. The Kier molecular flexibility index (Phi) is 3.30. The number of hydrogen-bond acceptors (Lipinski definition) is 3. The molecular weight excluding hydrogens is 274 g/mol. The van der Waals surface area contributed by atoms with E-state index in [0.29, 0.717) is 5.91 Å². The van der Waals surface area contributed by atoms with Crippen molar-refractivity contribution in [1.29, 1.82) is 0 Å². The Morgan fingerprint density at radius 2 is 1.63 bits per heavy atom. The lowest BCUT2D eigenvalue weighted by Crippen LogP contribution is -2.61. The molecular formula is C15H23NOS2. The number of rotatable bonds is 2. The van der Waals surface area contributed by atoms with Gasteiger partial charge in [0.25, 0.3) is 0 Å². The van der Waals surface area contributed by atoms with E-state index in [1.54, 1.807) is 0 Å². The van der Waals surface area contributed by atoms with Crippen LogP contribution < -0.4 is 5.32 Å².